The van der Waals surface area contributed by atoms with Crippen molar-refractivity contribution < 1.29 is 28.9 Å². The first kappa shape index (κ1) is 14.8. The summed E-state index contributed by atoms with van der Waals surface area (Å²) in [6.45, 7) is 0.533. The molecule has 3 rings (SSSR count). The van der Waals surface area contributed by atoms with E-state index in [1.165, 1.54) is 19.6 Å². The Morgan fingerprint density at radius 2 is 2.23 bits per heavy atom. The first-order valence-corrected chi connectivity index (χ1v) is 7.35. The zero-order valence-electron chi connectivity index (χ0n) is 12.3. The van der Waals surface area contributed by atoms with Crippen molar-refractivity contribution in [1.82, 2.24) is 0 Å². The van der Waals surface area contributed by atoms with Crippen LogP contribution in [0.5, 0.6) is 11.5 Å². The minimum atomic E-state index is -1.25. The smallest absolute Gasteiger partial charge is 0.340 e. The van der Waals surface area contributed by atoms with E-state index >= 15 is 0 Å². The number of aldehydes is 1. The SMILES string of the molecule is COc1c(OCC2CCC2)cc2c(c1C=O)CC(O)OC2=O. The maximum absolute atomic E-state index is 11.9. The number of esters is 1. The van der Waals surface area contributed by atoms with Crippen molar-refractivity contribution in [2.24, 2.45) is 5.92 Å². The third kappa shape index (κ3) is 2.54. The number of ether oxygens (including phenoxy) is 3. The molecule has 1 aliphatic carbocycles. The molecule has 0 radical (unpaired) electrons. The van der Waals surface area contributed by atoms with Crippen LogP contribution in [0, 0.1) is 5.92 Å². The number of fused-ring (bicyclic) bond motifs is 1. The Balaban J connectivity index is 2.00. The van der Waals surface area contributed by atoms with Crippen LogP contribution in [0.15, 0.2) is 6.07 Å². The van der Waals surface area contributed by atoms with E-state index in [2.05, 4.69) is 0 Å². The zero-order valence-corrected chi connectivity index (χ0v) is 12.3. The van der Waals surface area contributed by atoms with Crippen LogP contribution in [0.1, 0.15) is 45.5 Å². The number of hydrogen-bond acceptors (Lipinski definition) is 6. The lowest BCUT2D eigenvalue weighted by Gasteiger charge is -2.27. The lowest BCUT2D eigenvalue weighted by molar-refractivity contribution is -0.0688. The molecule has 1 aliphatic heterocycles. The molecule has 22 heavy (non-hydrogen) atoms. The number of methoxy groups -OCH3 is 1. The highest BCUT2D eigenvalue weighted by Gasteiger charge is 2.31. The van der Waals surface area contributed by atoms with Gasteiger partial charge in [-0.2, -0.15) is 0 Å². The molecule has 1 aromatic rings. The van der Waals surface area contributed by atoms with E-state index in [0.717, 1.165) is 12.8 Å². The number of rotatable bonds is 5. The monoisotopic (exact) mass is 306 g/mol. The number of aliphatic hydroxyl groups is 1. The van der Waals surface area contributed by atoms with Gasteiger partial charge in [-0.1, -0.05) is 6.42 Å². The Morgan fingerprint density at radius 3 is 2.82 bits per heavy atom. The van der Waals surface area contributed by atoms with E-state index in [9.17, 15) is 14.7 Å². The molecule has 1 N–H and O–H groups in total. The molecule has 0 bridgehead atoms. The highest BCUT2D eigenvalue weighted by atomic mass is 16.6. The average molecular weight is 306 g/mol. The number of carbonyl (C=O) groups is 2. The van der Waals surface area contributed by atoms with E-state index in [-0.39, 0.29) is 17.5 Å². The second-order valence-electron chi connectivity index (χ2n) is 5.64. The van der Waals surface area contributed by atoms with Crippen molar-refractivity contribution in [3.63, 3.8) is 0 Å². The minimum absolute atomic E-state index is 0.0639. The summed E-state index contributed by atoms with van der Waals surface area (Å²) in [6.07, 6.45) is 2.90. The van der Waals surface area contributed by atoms with Gasteiger partial charge in [0.25, 0.3) is 0 Å². The third-order valence-electron chi connectivity index (χ3n) is 4.26. The highest BCUT2D eigenvalue weighted by molar-refractivity contribution is 5.97. The van der Waals surface area contributed by atoms with Gasteiger partial charge in [-0.3, -0.25) is 4.79 Å². The Hall–Kier alpha value is -2.08. The lowest BCUT2D eigenvalue weighted by atomic mass is 9.86. The third-order valence-corrected chi connectivity index (χ3v) is 4.26. The van der Waals surface area contributed by atoms with Crippen LogP contribution in [-0.4, -0.2) is 37.4 Å². The summed E-state index contributed by atoms with van der Waals surface area (Å²) in [5, 5.41) is 9.56. The van der Waals surface area contributed by atoms with Crippen molar-refractivity contribution >= 4 is 12.3 Å². The van der Waals surface area contributed by atoms with Crippen LogP contribution in [-0.2, 0) is 11.2 Å². The van der Waals surface area contributed by atoms with Gasteiger partial charge in [0.05, 0.1) is 24.8 Å². The molecule has 0 saturated heterocycles. The first-order chi connectivity index (χ1) is 10.6. The van der Waals surface area contributed by atoms with Gasteiger partial charge in [-0.05, 0) is 30.4 Å². The van der Waals surface area contributed by atoms with Gasteiger partial charge >= 0.3 is 5.97 Å². The number of benzene rings is 1. The maximum atomic E-state index is 11.9. The molecular formula is C16H18O6. The fourth-order valence-electron chi connectivity index (χ4n) is 2.81. The summed E-state index contributed by atoms with van der Waals surface area (Å²) in [7, 11) is 1.45. The predicted molar refractivity (Wildman–Crippen MR) is 76.3 cm³/mol. The molecule has 0 spiro atoms. The summed E-state index contributed by atoms with van der Waals surface area (Å²) in [5.41, 5.74) is 0.919. The van der Waals surface area contributed by atoms with Gasteiger partial charge in [0.1, 0.15) is 0 Å². The van der Waals surface area contributed by atoms with E-state index in [4.69, 9.17) is 14.2 Å². The normalized spacial score (nSPS) is 20.6. The molecule has 1 atom stereocenters. The zero-order chi connectivity index (χ0) is 15.7. The van der Waals surface area contributed by atoms with Crippen molar-refractivity contribution in [1.29, 1.82) is 0 Å². The van der Waals surface area contributed by atoms with Crippen molar-refractivity contribution in [2.75, 3.05) is 13.7 Å². The second kappa shape index (κ2) is 5.96. The van der Waals surface area contributed by atoms with Gasteiger partial charge in [0, 0.05) is 6.42 Å². The van der Waals surface area contributed by atoms with Gasteiger partial charge in [0.2, 0.25) is 6.29 Å². The van der Waals surface area contributed by atoms with Crippen molar-refractivity contribution in [2.45, 2.75) is 32.0 Å². The summed E-state index contributed by atoms with van der Waals surface area (Å²) in [6, 6.07) is 1.54. The molecular weight excluding hydrogens is 288 g/mol. The van der Waals surface area contributed by atoms with Crippen molar-refractivity contribution in [3.05, 3.63) is 22.8 Å². The Bertz CT molecular complexity index is 605. The van der Waals surface area contributed by atoms with Crippen LogP contribution in [0.25, 0.3) is 0 Å². The van der Waals surface area contributed by atoms with Gasteiger partial charge in [-0.25, -0.2) is 4.79 Å². The molecule has 0 aromatic heterocycles. The molecule has 0 amide bonds. The fourth-order valence-corrected chi connectivity index (χ4v) is 2.81. The molecule has 6 nitrogen and oxygen atoms in total. The minimum Gasteiger partial charge on any atom is -0.492 e. The number of hydrogen-bond donors (Lipinski definition) is 1. The topological polar surface area (TPSA) is 82.1 Å². The highest BCUT2D eigenvalue weighted by Crippen LogP contribution is 2.38. The average Bonchev–Trinajstić information content (AvgIpc) is 2.44. The fraction of sp³-hybridized carbons (Fsp3) is 0.500. The van der Waals surface area contributed by atoms with Crippen LogP contribution < -0.4 is 9.47 Å². The largest absolute Gasteiger partial charge is 0.492 e. The Labute approximate surface area is 128 Å². The molecule has 1 fully saturated rings. The van der Waals surface area contributed by atoms with E-state index in [0.29, 0.717) is 35.9 Å². The Kier molecular flexibility index (Phi) is 4.02. The van der Waals surface area contributed by atoms with Crippen LogP contribution >= 0.6 is 0 Å². The maximum Gasteiger partial charge on any atom is 0.340 e. The van der Waals surface area contributed by atoms with E-state index < -0.39 is 12.3 Å². The summed E-state index contributed by atoms with van der Waals surface area (Å²) in [5.74, 6) is 0.515. The molecule has 118 valence electrons. The molecule has 1 aromatic carbocycles. The lowest BCUT2D eigenvalue weighted by Crippen LogP contribution is -2.28. The van der Waals surface area contributed by atoms with Crippen LogP contribution in [0.2, 0.25) is 0 Å². The van der Waals surface area contributed by atoms with E-state index in [1.807, 2.05) is 0 Å². The van der Waals surface area contributed by atoms with Gasteiger partial charge in [-0.15, -0.1) is 0 Å². The molecule has 6 heteroatoms. The van der Waals surface area contributed by atoms with Crippen LogP contribution in [0.4, 0.5) is 0 Å². The molecule has 2 aliphatic rings. The van der Waals surface area contributed by atoms with E-state index in [1.54, 1.807) is 0 Å². The molecule has 1 saturated carbocycles. The van der Waals surface area contributed by atoms with Gasteiger partial charge < -0.3 is 19.3 Å². The quantitative estimate of drug-likeness (QED) is 0.659. The molecule has 1 heterocycles. The number of aliphatic hydroxyl groups excluding tert-OH is 1. The second-order valence-corrected chi connectivity index (χ2v) is 5.64. The van der Waals surface area contributed by atoms with Crippen LogP contribution in [0.3, 0.4) is 0 Å². The molecule has 1 unspecified atom stereocenters. The summed E-state index contributed by atoms with van der Waals surface area (Å²) >= 11 is 0. The predicted octanol–water partition coefficient (Wildman–Crippen LogP) is 1.72. The number of carbonyl (C=O) groups excluding carboxylic acids is 2. The first-order valence-electron chi connectivity index (χ1n) is 7.35. The van der Waals surface area contributed by atoms with Crippen molar-refractivity contribution in [3.8, 4) is 11.5 Å². The van der Waals surface area contributed by atoms with Gasteiger partial charge in [0.15, 0.2) is 17.8 Å². The number of cyclic esters (lactones) is 1. The standard InChI is InChI=1S/C16H18O6/c1-20-15-12(7-17)10-6-14(18)22-16(19)11(10)5-13(15)21-8-9-3-2-4-9/h5,7,9,14,18H,2-4,6,8H2,1H3. The Morgan fingerprint density at radius 1 is 1.45 bits per heavy atom. The summed E-state index contributed by atoms with van der Waals surface area (Å²) < 4.78 is 15.9. The summed E-state index contributed by atoms with van der Waals surface area (Å²) in [4.78, 5) is 23.4.